The summed E-state index contributed by atoms with van der Waals surface area (Å²) in [4.78, 5) is 22.5. The van der Waals surface area contributed by atoms with E-state index in [-0.39, 0.29) is 5.78 Å². The number of rotatable bonds is 18. The maximum Gasteiger partial charge on any atom is 0.330 e. The van der Waals surface area contributed by atoms with Crippen LogP contribution >= 0.6 is 0 Å². The van der Waals surface area contributed by atoms with Crippen molar-refractivity contribution in [1.82, 2.24) is 0 Å². The molecule has 26 heavy (non-hydrogen) atoms. The average molecular weight is 365 g/mol. The summed E-state index contributed by atoms with van der Waals surface area (Å²) in [6.07, 6.45) is 25.1. The molecule has 0 aromatic heterocycles. The fourth-order valence-corrected chi connectivity index (χ4v) is 2.94. The zero-order valence-electron chi connectivity index (χ0n) is 17.1. The number of hydrogen-bond acceptors (Lipinski definition) is 3. The summed E-state index contributed by atoms with van der Waals surface area (Å²) < 4.78 is 4.47. The number of hydrogen-bond donors (Lipinski definition) is 0. The lowest BCUT2D eigenvalue weighted by Crippen LogP contribution is -1.94. The van der Waals surface area contributed by atoms with E-state index in [2.05, 4.69) is 11.7 Å². The lowest BCUT2D eigenvalue weighted by Gasteiger charge is -2.03. The number of allylic oxidation sites excluding steroid dienone is 3. The van der Waals surface area contributed by atoms with Crippen LogP contribution in [-0.4, -0.2) is 18.9 Å². The SMILES string of the molecule is CCCCCCCCCCCCCCCCC(=O)/C=C/C=C\C(=O)OC. The van der Waals surface area contributed by atoms with Crippen molar-refractivity contribution in [1.29, 1.82) is 0 Å². The van der Waals surface area contributed by atoms with Gasteiger partial charge in [0.1, 0.15) is 0 Å². The monoisotopic (exact) mass is 364 g/mol. The molecule has 0 aliphatic carbocycles. The first-order valence-electron chi connectivity index (χ1n) is 10.7. The molecule has 150 valence electrons. The molecule has 0 amide bonds. The highest BCUT2D eigenvalue weighted by Gasteiger charge is 1.97. The number of methoxy groups -OCH3 is 1. The molecule has 0 unspecified atom stereocenters. The van der Waals surface area contributed by atoms with Crippen LogP contribution in [0.3, 0.4) is 0 Å². The maximum atomic E-state index is 11.6. The Morgan fingerprint density at radius 2 is 1.08 bits per heavy atom. The molecular formula is C23H40O3. The Bertz CT molecular complexity index is 396. The van der Waals surface area contributed by atoms with Gasteiger partial charge >= 0.3 is 5.97 Å². The van der Waals surface area contributed by atoms with E-state index in [4.69, 9.17) is 0 Å². The smallest absolute Gasteiger partial charge is 0.330 e. The third-order valence-electron chi connectivity index (χ3n) is 4.60. The lowest BCUT2D eigenvalue weighted by molar-refractivity contribution is -0.134. The van der Waals surface area contributed by atoms with E-state index in [9.17, 15) is 9.59 Å². The van der Waals surface area contributed by atoms with Crippen LogP contribution in [0.4, 0.5) is 0 Å². The van der Waals surface area contributed by atoms with E-state index in [1.165, 1.54) is 102 Å². The number of ketones is 1. The maximum absolute atomic E-state index is 11.6. The first-order valence-corrected chi connectivity index (χ1v) is 10.7. The van der Waals surface area contributed by atoms with Gasteiger partial charge in [-0.15, -0.1) is 0 Å². The predicted molar refractivity (Wildman–Crippen MR) is 110 cm³/mol. The number of unbranched alkanes of at least 4 members (excludes halogenated alkanes) is 13. The second-order valence-electron chi connectivity index (χ2n) is 7.05. The summed E-state index contributed by atoms with van der Waals surface area (Å²) in [5.41, 5.74) is 0. The van der Waals surface area contributed by atoms with Crippen LogP contribution in [-0.2, 0) is 14.3 Å². The van der Waals surface area contributed by atoms with Crippen molar-refractivity contribution in [3.05, 3.63) is 24.3 Å². The van der Waals surface area contributed by atoms with Gasteiger partial charge in [-0.05, 0) is 12.5 Å². The van der Waals surface area contributed by atoms with E-state index in [0.717, 1.165) is 12.8 Å². The van der Waals surface area contributed by atoms with E-state index in [1.54, 1.807) is 6.08 Å². The Morgan fingerprint density at radius 3 is 1.54 bits per heavy atom. The quantitative estimate of drug-likeness (QED) is 0.117. The molecular weight excluding hydrogens is 324 g/mol. The zero-order chi connectivity index (χ0) is 19.3. The van der Waals surface area contributed by atoms with E-state index < -0.39 is 5.97 Å². The topological polar surface area (TPSA) is 43.4 Å². The minimum atomic E-state index is -0.408. The zero-order valence-corrected chi connectivity index (χ0v) is 17.1. The van der Waals surface area contributed by atoms with Crippen molar-refractivity contribution in [3.8, 4) is 0 Å². The van der Waals surface area contributed by atoms with Crippen molar-refractivity contribution in [2.75, 3.05) is 7.11 Å². The third-order valence-corrected chi connectivity index (χ3v) is 4.60. The minimum absolute atomic E-state index is 0.124. The van der Waals surface area contributed by atoms with Gasteiger partial charge in [-0.3, -0.25) is 4.79 Å². The molecule has 0 aromatic rings. The van der Waals surface area contributed by atoms with Crippen molar-refractivity contribution < 1.29 is 14.3 Å². The molecule has 0 aliphatic heterocycles. The van der Waals surface area contributed by atoms with Crippen LogP contribution in [0.5, 0.6) is 0 Å². The average Bonchev–Trinajstić information content (AvgIpc) is 2.65. The van der Waals surface area contributed by atoms with Gasteiger partial charge in [-0.25, -0.2) is 4.79 Å². The Labute approximate surface area is 161 Å². The van der Waals surface area contributed by atoms with Gasteiger partial charge in [-0.1, -0.05) is 103 Å². The summed E-state index contributed by atoms with van der Waals surface area (Å²) >= 11 is 0. The van der Waals surface area contributed by atoms with Gasteiger partial charge in [-0.2, -0.15) is 0 Å². The Kier molecular flexibility index (Phi) is 18.9. The first kappa shape index (κ1) is 24.6. The van der Waals surface area contributed by atoms with Crippen molar-refractivity contribution in [3.63, 3.8) is 0 Å². The van der Waals surface area contributed by atoms with Gasteiger partial charge in [0.05, 0.1) is 7.11 Å². The van der Waals surface area contributed by atoms with Gasteiger partial charge in [0, 0.05) is 12.5 Å². The summed E-state index contributed by atoms with van der Waals surface area (Å²) in [6.45, 7) is 2.27. The molecule has 0 aliphatic rings. The summed E-state index contributed by atoms with van der Waals surface area (Å²) in [5, 5.41) is 0. The van der Waals surface area contributed by atoms with E-state index in [1.807, 2.05) is 0 Å². The van der Waals surface area contributed by atoms with Crippen LogP contribution in [0.15, 0.2) is 24.3 Å². The number of esters is 1. The van der Waals surface area contributed by atoms with Crippen molar-refractivity contribution in [2.45, 2.75) is 103 Å². The van der Waals surface area contributed by atoms with Gasteiger partial charge < -0.3 is 4.74 Å². The lowest BCUT2D eigenvalue weighted by atomic mass is 10.0. The highest BCUT2D eigenvalue weighted by atomic mass is 16.5. The van der Waals surface area contributed by atoms with Crippen LogP contribution in [0.25, 0.3) is 0 Å². The van der Waals surface area contributed by atoms with Crippen molar-refractivity contribution >= 4 is 11.8 Å². The molecule has 0 radical (unpaired) electrons. The molecule has 0 fully saturated rings. The number of ether oxygens (including phenoxy) is 1. The van der Waals surface area contributed by atoms with E-state index in [0.29, 0.717) is 6.42 Å². The first-order chi connectivity index (χ1) is 12.7. The molecule has 0 atom stereocenters. The normalized spacial score (nSPS) is 11.5. The number of carbonyl (C=O) groups excluding carboxylic acids is 2. The molecule has 3 heteroatoms. The minimum Gasteiger partial charge on any atom is -0.466 e. The molecule has 0 bridgehead atoms. The molecule has 0 saturated carbocycles. The van der Waals surface area contributed by atoms with Crippen LogP contribution in [0, 0.1) is 0 Å². The van der Waals surface area contributed by atoms with Gasteiger partial charge in [0.25, 0.3) is 0 Å². The predicted octanol–water partition coefficient (Wildman–Crippen LogP) is 6.71. The largest absolute Gasteiger partial charge is 0.466 e. The molecule has 0 rings (SSSR count). The highest BCUT2D eigenvalue weighted by Crippen LogP contribution is 2.13. The number of carbonyl (C=O) groups is 2. The highest BCUT2D eigenvalue weighted by molar-refractivity contribution is 5.90. The second-order valence-corrected chi connectivity index (χ2v) is 7.05. The third kappa shape index (κ3) is 19.0. The summed E-state index contributed by atoms with van der Waals surface area (Å²) in [6, 6.07) is 0. The summed E-state index contributed by atoms with van der Waals surface area (Å²) in [7, 11) is 1.33. The molecule has 0 heterocycles. The van der Waals surface area contributed by atoms with Crippen LogP contribution < -0.4 is 0 Å². The fourth-order valence-electron chi connectivity index (χ4n) is 2.94. The Morgan fingerprint density at radius 1 is 0.654 bits per heavy atom. The van der Waals surface area contributed by atoms with Gasteiger partial charge in [0.2, 0.25) is 0 Å². The second kappa shape index (κ2) is 19.9. The van der Waals surface area contributed by atoms with Gasteiger partial charge in [0.15, 0.2) is 5.78 Å². The summed E-state index contributed by atoms with van der Waals surface area (Å²) in [5.74, 6) is -0.285. The molecule has 0 aromatic carbocycles. The standard InChI is InChI=1S/C23H40O3/c1-3-4-5-6-7-8-9-10-11-12-13-14-15-16-19-22(24)20-17-18-21-23(25)26-2/h17-18,20-21H,3-16,19H2,1-2H3/b20-17+,21-18-. The molecule has 3 nitrogen and oxygen atoms in total. The Hall–Kier alpha value is -1.38. The molecule has 0 spiro atoms. The van der Waals surface area contributed by atoms with Crippen LogP contribution in [0.2, 0.25) is 0 Å². The molecule has 0 saturated heterocycles. The Balaban J connectivity index is 3.30. The fraction of sp³-hybridized carbons (Fsp3) is 0.739. The van der Waals surface area contributed by atoms with Crippen molar-refractivity contribution in [2.24, 2.45) is 0 Å². The van der Waals surface area contributed by atoms with E-state index >= 15 is 0 Å². The van der Waals surface area contributed by atoms with Crippen LogP contribution in [0.1, 0.15) is 103 Å². The molecule has 0 N–H and O–H groups in total.